The molecular weight excluding hydrogens is 230 g/mol. The van der Waals surface area contributed by atoms with Crippen LogP contribution in [0, 0.1) is 0 Å². The number of carbonyl (C=O) groups excluding carboxylic acids is 2. The summed E-state index contributed by atoms with van der Waals surface area (Å²) in [6.07, 6.45) is 0. The number of methoxy groups -OCH3 is 1. The predicted octanol–water partition coefficient (Wildman–Crippen LogP) is 1.81. The van der Waals surface area contributed by atoms with E-state index in [1.165, 1.54) is 7.11 Å². The SMILES string of the molecule is CCN(CC)C(=O)C(C(=O)OC)c1ccccc1. The molecule has 1 amide bonds. The van der Waals surface area contributed by atoms with Crippen LogP contribution in [0.25, 0.3) is 0 Å². The highest BCUT2D eigenvalue weighted by Gasteiger charge is 2.31. The van der Waals surface area contributed by atoms with E-state index in [1.54, 1.807) is 29.2 Å². The Morgan fingerprint density at radius 3 is 2.17 bits per heavy atom. The van der Waals surface area contributed by atoms with E-state index in [0.29, 0.717) is 18.7 Å². The molecule has 0 N–H and O–H groups in total. The molecule has 1 aromatic rings. The number of benzene rings is 1. The van der Waals surface area contributed by atoms with Gasteiger partial charge in [0, 0.05) is 13.1 Å². The summed E-state index contributed by atoms with van der Waals surface area (Å²) in [5.74, 6) is -1.59. The Bertz CT molecular complexity index is 399. The molecule has 4 heteroatoms. The normalized spacial score (nSPS) is 11.7. The molecule has 1 rings (SSSR count). The van der Waals surface area contributed by atoms with E-state index in [1.807, 2.05) is 19.9 Å². The van der Waals surface area contributed by atoms with Crippen LogP contribution in [0.5, 0.6) is 0 Å². The molecule has 0 aliphatic rings. The molecule has 0 spiro atoms. The van der Waals surface area contributed by atoms with Crippen molar-refractivity contribution in [2.45, 2.75) is 19.8 Å². The van der Waals surface area contributed by atoms with Gasteiger partial charge in [0.05, 0.1) is 7.11 Å². The van der Waals surface area contributed by atoms with Crippen LogP contribution < -0.4 is 0 Å². The van der Waals surface area contributed by atoms with E-state index in [-0.39, 0.29) is 5.91 Å². The Hall–Kier alpha value is -1.84. The van der Waals surface area contributed by atoms with Crippen LogP contribution in [0.1, 0.15) is 25.3 Å². The summed E-state index contributed by atoms with van der Waals surface area (Å²) in [5, 5.41) is 0. The van der Waals surface area contributed by atoms with Crippen molar-refractivity contribution in [3.63, 3.8) is 0 Å². The second kappa shape index (κ2) is 6.79. The lowest BCUT2D eigenvalue weighted by Crippen LogP contribution is -2.38. The third-order valence-corrected chi connectivity index (χ3v) is 2.89. The van der Waals surface area contributed by atoms with Crippen LogP contribution in [0.4, 0.5) is 0 Å². The van der Waals surface area contributed by atoms with Gasteiger partial charge in [0.25, 0.3) is 0 Å². The summed E-state index contributed by atoms with van der Waals surface area (Å²) in [6, 6.07) is 8.99. The molecule has 1 unspecified atom stereocenters. The lowest BCUT2D eigenvalue weighted by Gasteiger charge is -2.23. The number of rotatable bonds is 5. The summed E-state index contributed by atoms with van der Waals surface area (Å²) in [7, 11) is 1.30. The second-order valence-electron chi connectivity index (χ2n) is 3.88. The number of likely N-dealkylation sites (N-methyl/N-ethyl adjacent to an activating group) is 1. The minimum atomic E-state index is -0.865. The van der Waals surface area contributed by atoms with E-state index >= 15 is 0 Å². The lowest BCUT2D eigenvalue weighted by atomic mass is 9.97. The molecule has 1 atom stereocenters. The topological polar surface area (TPSA) is 46.6 Å². The van der Waals surface area contributed by atoms with E-state index in [9.17, 15) is 9.59 Å². The molecule has 4 nitrogen and oxygen atoms in total. The zero-order valence-electron chi connectivity index (χ0n) is 11.1. The van der Waals surface area contributed by atoms with E-state index in [0.717, 1.165) is 0 Å². The van der Waals surface area contributed by atoms with Gasteiger partial charge < -0.3 is 9.64 Å². The average Bonchev–Trinajstić information content (AvgIpc) is 2.41. The van der Waals surface area contributed by atoms with Crippen molar-refractivity contribution in [2.75, 3.05) is 20.2 Å². The molecule has 0 aliphatic heterocycles. The third-order valence-electron chi connectivity index (χ3n) is 2.89. The van der Waals surface area contributed by atoms with E-state index in [2.05, 4.69) is 0 Å². The number of ether oxygens (including phenoxy) is 1. The minimum absolute atomic E-state index is 0.210. The van der Waals surface area contributed by atoms with Gasteiger partial charge in [-0.3, -0.25) is 9.59 Å². The van der Waals surface area contributed by atoms with Crippen molar-refractivity contribution in [1.82, 2.24) is 4.90 Å². The highest BCUT2D eigenvalue weighted by Crippen LogP contribution is 2.20. The van der Waals surface area contributed by atoms with Crippen LogP contribution in [0.2, 0.25) is 0 Å². The molecule has 18 heavy (non-hydrogen) atoms. The molecule has 0 fully saturated rings. The van der Waals surface area contributed by atoms with Crippen molar-refractivity contribution in [1.29, 1.82) is 0 Å². The summed E-state index contributed by atoms with van der Waals surface area (Å²) < 4.78 is 4.74. The number of hydrogen-bond acceptors (Lipinski definition) is 3. The molecule has 0 radical (unpaired) electrons. The number of nitrogens with zero attached hydrogens (tertiary/aromatic N) is 1. The van der Waals surface area contributed by atoms with Gasteiger partial charge in [0.15, 0.2) is 5.92 Å². The van der Waals surface area contributed by atoms with E-state index < -0.39 is 11.9 Å². The van der Waals surface area contributed by atoms with Crippen LogP contribution in [0.15, 0.2) is 30.3 Å². The van der Waals surface area contributed by atoms with Gasteiger partial charge in [-0.05, 0) is 19.4 Å². The standard InChI is InChI=1S/C14H19NO3/c1-4-15(5-2)13(16)12(14(17)18-3)11-9-7-6-8-10-11/h6-10,12H,4-5H2,1-3H3. The first-order valence-electron chi connectivity index (χ1n) is 6.07. The van der Waals surface area contributed by atoms with Gasteiger partial charge in [0.1, 0.15) is 0 Å². The quantitative estimate of drug-likeness (QED) is 0.590. The molecular formula is C14H19NO3. The monoisotopic (exact) mass is 249 g/mol. The zero-order chi connectivity index (χ0) is 13.5. The summed E-state index contributed by atoms with van der Waals surface area (Å²) in [4.78, 5) is 25.8. The van der Waals surface area contributed by atoms with Gasteiger partial charge in [-0.1, -0.05) is 30.3 Å². The fourth-order valence-electron chi connectivity index (χ4n) is 1.86. The van der Waals surface area contributed by atoms with Gasteiger partial charge >= 0.3 is 5.97 Å². The third kappa shape index (κ3) is 3.09. The van der Waals surface area contributed by atoms with Crippen molar-refractivity contribution >= 4 is 11.9 Å². The molecule has 0 aliphatic carbocycles. The highest BCUT2D eigenvalue weighted by molar-refractivity contribution is 6.03. The first-order chi connectivity index (χ1) is 8.65. The predicted molar refractivity (Wildman–Crippen MR) is 69.1 cm³/mol. The number of esters is 1. The van der Waals surface area contributed by atoms with Gasteiger partial charge in [-0.25, -0.2) is 0 Å². The van der Waals surface area contributed by atoms with Crippen LogP contribution in [0.3, 0.4) is 0 Å². The Labute approximate surface area is 108 Å². The van der Waals surface area contributed by atoms with Crippen molar-refractivity contribution in [3.05, 3.63) is 35.9 Å². The van der Waals surface area contributed by atoms with Crippen molar-refractivity contribution in [3.8, 4) is 0 Å². The Morgan fingerprint density at radius 2 is 1.72 bits per heavy atom. The summed E-state index contributed by atoms with van der Waals surface area (Å²) in [5.41, 5.74) is 0.668. The highest BCUT2D eigenvalue weighted by atomic mass is 16.5. The number of amides is 1. The van der Waals surface area contributed by atoms with Crippen LogP contribution in [-0.2, 0) is 14.3 Å². The summed E-state index contributed by atoms with van der Waals surface area (Å²) in [6.45, 7) is 4.94. The number of carbonyl (C=O) groups is 2. The van der Waals surface area contributed by atoms with Crippen LogP contribution >= 0.6 is 0 Å². The maximum atomic E-state index is 12.3. The Balaban J connectivity index is 3.07. The van der Waals surface area contributed by atoms with Gasteiger partial charge in [-0.2, -0.15) is 0 Å². The lowest BCUT2D eigenvalue weighted by molar-refractivity contribution is -0.149. The average molecular weight is 249 g/mol. The Kier molecular flexibility index (Phi) is 5.36. The maximum absolute atomic E-state index is 12.3. The smallest absolute Gasteiger partial charge is 0.322 e. The largest absolute Gasteiger partial charge is 0.468 e. The first-order valence-corrected chi connectivity index (χ1v) is 6.07. The Morgan fingerprint density at radius 1 is 1.17 bits per heavy atom. The van der Waals surface area contributed by atoms with Gasteiger partial charge in [-0.15, -0.1) is 0 Å². The molecule has 0 heterocycles. The molecule has 0 saturated heterocycles. The van der Waals surface area contributed by atoms with Crippen LogP contribution in [-0.4, -0.2) is 37.0 Å². The fourth-order valence-corrected chi connectivity index (χ4v) is 1.86. The molecule has 0 saturated carbocycles. The summed E-state index contributed by atoms with van der Waals surface area (Å²) >= 11 is 0. The molecule has 0 bridgehead atoms. The first kappa shape index (κ1) is 14.2. The molecule has 1 aromatic carbocycles. The zero-order valence-corrected chi connectivity index (χ0v) is 11.1. The molecule has 0 aromatic heterocycles. The van der Waals surface area contributed by atoms with E-state index in [4.69, 9.17) is 4.74 Å². The van der Waals surface area contributed by atoms with Crippen molar-refractivity contribution in [2.24, 2.45) is 0 Å². The number of hydrogen-bond donors (Lipinski definition) is 0. The second-order valence-corrected chi connectivity index (χ2v) is 3.88. The fraction of sp³-hybridized carbons (Fsp3) is 0.429. The maximum Gasteiger partial charge on any atom is 0.322 e. The minimum Gasteiger partial charge on any atom is -0.468 e. The van der Waals surface area contributed by atoms with Gasteiger partial charge in [0.2, 0.25) is 5.91 Å². The molecule has 98 valence electrons. The van der Waals surface area contributed by atoms with Crippen molar-refractivity contribution < 1.29 is 14.3 Å².